The van der Waals surface area contributed by atoms with Gasteiger partial charge in [-0.15, -0.1) is 0 Å². The van der Waals surface area contributed by atoms with Gasteiger partial charge in [0.05, 0.1) is 7.11 Å². The lowest BCUT2D eigenvalue weighted by molar-refractivity contribution is 0.296. The van der Waals surface area contributed by atoms with E-state index in [2.05, 4.69) is 0 Å². The molecule has 2 aromatic rings. The summed E-state index contributed by atoms with van der Waals surface area (Å²) in [6.07, 6.45) is 0. The third-order valence-electron chi connectivity index (χ3n) is 2.45. The molecular formula is C14H12ClFO2. The van der Waals surface area contributed by atoms with E-state index in [-0.39, 0.29) is 5.82 Å². The van der Waals surface area contributed by atoms with E-state index in [0.717, 1.165) is 5.56 Å². The van der Waals surface area contributed by atoms with E-state index < -0.39 is 0 Å². The van der Waals surface area contributed by atoms with Crippen LogP contribution in [0.25, 0.3) is 0 Å². The standard InChI is InChI=1S/C14H12ClFO2/c1-17-14-7-2-11(15)8-10(14)9-18-13-5-3-12(16)4-6-13/h2-8H,9H2,1H3. The molecule has 0 heterocycles. The number of rotatable bonds is 4. The minimum Gasteiger partial charge on any atom is -0.496 e. The number of ether oxygens (including phenoxy) is 2. The molecule has 18 heavy (non-hydrogen) atoms. The Bertz CT molecular complexity index is 526. The van der Waals surface area contributed by atoms with Gasteiger partial charge in [0.2, 0.25) is 0 Å². The van der Waals surface area contributed by atoms with Crippen LogP contribution in [0.3, 0.4) is 0 Å². The van der Waals surface area contributed by atoms with Gasteiger partial charge in [0.1, 0.15) is 23.9 Å². The van der Waals surface area contributed by atoms with Crippen LogP contribution in [0.5, 0.6) is 11.5 Å². The van der Waals surface area contributed by atoms with Gasteiger partial charge in [0, 0.05) is 10.6 Å². The van der Waals surface area contributed by atoms with E-state index in [9.17, 15) is 4.39 Å². The van der Waals surface area contributed by atoms with E-state index in [1.54, 1.807) is 37.4 Å². The molecule has 0 bridgehead atoms. The summed E-state index contributed by atoms with van der Waals surface area (Å²) in [7, 11) is 1.59. The molecule has 4 heteroatoms. The van der Waals surface area contributed by atoms with Gasteiger partial charge in [-0.1, -0.05) is 11.6 Å². The van der Waals surface area contributed by atoms with Crippen molar-refractivity contribution in [2.45, 2.75) is 6.61 Å². The molecular weight excluding hydrogens is 255 g/mol. The van der Waals surface area contributed by atoms with Crippen molar-refractivity contribution < 1.29 is 13.9 Å². The molecule has 0 atom stereocenters. The normalized spacial score (nSPS) is 10.2. The average molecular weight is 267 g/mol. The van der Waals surface area contributed by atoms with Gasteiger partial charge in [-0.2, -0.15) is 0 Å². The van der Waals surface area contributed by atoms with Crippen LogP contribution in [0.1, 0.15) is 5.56 Å². The zero-order chi connectivity index (χ0) is 13.0. The highest BCUT2D eigenvalue weighted by Crippen LogP contribution is 2.24. The molecule has 0 spiro atoms. The van der Waals surface area contributed by atoms with E-state index in [1.807, 2.05) is 0 Å². The largest absolute Gasteiger partial charge is 0.496 e. The molecule has 0 aliphatic rings. The van der Waals surface area contributed by atoms with Crippen LogP contribution >= 0.6 is 11.6 Å². The minimum absolute atomic E-state index is 0.289. The van der Waals surface area contributed by atoms with Crippen LogP contribution in [0, 0.1) is 5.82 Å². The van der Waals surface area contributed by atoms with Crippen molar-refractivity contribution in [3.05, 3.63) is 58.9 Å². The zero-order valence-corrected chi connectivity index (χ0v) is 10.6. The fraction of sp³-hybridized carbons (Fsp3) is 0.143. The third kappa shape index (κ3) is 3.14. The molecule has 0 unspecified atom stereocenters. The molecule has 0 fully saturated rings. The molecule has 2 nitrogen and oxygen atoms in total. The fourth-order valence-corrected chi connectivity index (χ4v) is 1.75. The Morgan fingerprint density at radius 3 is 2.50 bits per heavy atom. The number of methoxy groups -OCH3 is 1. The van der Waals surface area contributed by atoms with Crippen molar-refractivity contribution in [1.29, 1.82) is 0 Å². The lowest BCUT2D eigenvalue weighted by Gasteiger charge is -2.10. The van der Waals surface area contributed by atoms with Crippen LogP contribution in [0.4, 0.5) is 4.39 Å². The van der Waals surface area contributed by atoms with Gasteiger partial charge in [0.15, 0.2) is 0 Å². The van der Waals surface area contributed by atoms with Crippen LogP contribution < -0.4 is 9.47 Å². The molecule has 0 N–H and O–H groups in total. The molecule has 0 saturated carbocycles. The summed E-state index contributed by atoms with van der Waals surface area (Å²) in [5, 5.41) is 0.619. The summed E-state index contributed by atoms with van der Waals surface area (Å²) in [6.45, 7) is 0.315. The molecule has 94 valence electrons. The van der Waals surface area contributed by atoms with Crippen molar-refractivity contribution in [3.8, 4) is 11.5 Å². The molecule has 2 aromatic carbocycles. The second-order valence-electron chi connectivity index (χ2n) is 3.70. The second-order valence-corrected chi connectivity index (χ2v) is 4.14. The molecule has 0 saturated heterocycles. The molecule has 0 aromatic heterocycles. The maximum absolute atomic E-state index is 12.7. The number of hydrogen-bond donors (Lipinski definition) is 0. The Hall–Kier alpha value is -1.74. The fourth-order valence-electron chi connectivity index (χ4n) is 1.55. The first-order valence-corrected chi connectivity index (χ1v) is 5.77. The highest BCUT2D eigenvalue weighted by Gasteiger charge is 2.05. The topological polar surface area (TPSA) is 18.5 Å². The van der Waals surface area contributed by atoms with Crippen molar-refractivity contribution in [2.24, 2.45) is 0 Å². The van der Waals surface area contributed by atoms with Gasteiger partial charge in [-0.3, -0.25) is 0 Å². The van der Waals surface area contributed by atoms with E-state index in [1.165, 1.54) is 12.1 Å². The second kappa shape index (κ2) is 5.74. The van der Waals surface area contributed by atoms with Gasteiger partial charge in [-0.25, -0.2) is 4.39 Å². The van der Waals surface area contributed by atoms with E-state index in [0.29, 0.717) is 23.1 Å². The lowest BCUT2D eigenvalue weighted by atomic mass is 10.2. The predicted octanol–water partition coefficient (Wildman–Crippen LogP) is 4.07. The SMILES string of the molecule is COc1ccc(Cl)cc1COc1ccc(F)cc1. The Balaban J connectivity index is 2.09. The summed E-state index contributed by atoms with van der Waals surface area (Å²) < 4.78 is 23.5. The summed E-state index contributed by atoms with van der Waals surface area (Å²) >= 11 is 5.92. The molecule has 2 rings (SSSR count). The first-order chi connectivity index (χ1) is 8.69. The Kier molecular flexibility index (Phi) is 4.05. The quantitative estimate of drug-likeness (QED) is 0.831. The van der Waals surface area contributed by atoms with Crippen molar-refractivity contribution >= 4 is 11.6 Å². The smallest absolute Gasteiger partial charge is 0.125 e. The van der Waals surface area contributed by atoms with Gasteiger partial charge < -0.3 is 9.47 Å². The van der Waals surface area contributed by atoms with Gasteiger partial charge in [-0.05, 0) is 42.5 Å². The van der Waals surface area contributed by atoms with Crippen LogP contribution in [-0.4, -0.2) is 7.11 Å². The Morgan fingerprint density at radius 1 is 1.11 bits per heavy atom. The molecule has 0 amide bonds. The van der Waals surface area contributed by atoms with Gasteiger partial charge >= 0.3 is 0 Å². The minimum atomic E-state index is -0.289. The maximum atomic E-state index is 12.7. The van der Waals surface area contributed by atoms with Crippen molar-refractivity contribution in [3.63, 3.8) is 0 Å². The summed E-state index contributed by atoms with van der Waals surface area (Å²) in [4.78, 5) is 0. The van der Waals surface area contributed by atoms with E-state index >= 15 is 0 Å². The summed E-state index contributed by atoms with van der Waals surface area (Å²) in [6, 6.07) is 11.2. The van der Waals surface area contributed by atoms with E-state index in [4.69, 9.17) is 21.1 Å². The van der Waals surface area contributed by atoms with Crippen LogP contribution in [0.2, 0.25) is 5.02 Å². The number of benzene rings is 2. The van der Waals surface area contributed by atoms with Crippen molar-refractivity contribution in [2.75, 3.05) is 7.11 Å². The zero-order valence-electron chi connectivity index (χ0n) is 9.82. The molecule has 0 radical (unpaired) electrons. The monoisotopic (exact) mass is 266 g/mol. The maximum Gasteiger partial charge on any atom is 0.125 e. The number of hydrogen-bond acceptors (Lipinski definition) is 2. The van der Waals surface area contributed by atoms with Gasteiger partial charge in [0.25, 0.3) is 0 Å². The van der Waals surface area contributed by atoms with Crippen LogP contribution in [-0.2, 0) is 6.61 Å². The first kappa shape index (κ1) is 12.7. The van der Waals surface area contributed by atoms with Crippen molar-refractivity contribution in [1.82, 2.24) is 0 Å². The summed E-state index contributed by atoms with van der Waals surface area (Å²) in [5.74, 6) is 1.02. The number of halogens is 2. The Morgan fingerprint density at radius 2 is 1.83 bits per heavy atom. The first-order valence-electron chi connectivity index (χ1n) is 5.40. The molecule has 0 aliphatic heterocycles. The van der Waals surface area contributed by atoms with Crippen LogP contribution in [0.15, 0.2) is 42.5 Å². The summed E-state index contributed by atoms with van der Waals surface area (Å²) in [5.41, 5.74) is 0.842. The predicted molar refractivity (Wildman–Crippen MR) is 68.7 cm³/mol. The average Bonchev–Trinajstić information content (AvgIpc) is 2.38. The highest BCUT2D eigenvalue weighted by atomic mass is 35.5. The highest BCUT2D eigenvalue weighted by molar-refractivity contribution is 6.30. The lowest BCUT2D eigenvalue weighted by Crippen LogP contribution is -1.98. The Labute approximate surface area is 110 Å². The molecule has 0 aliphatic carbocycles. The third-order valence-corrected chi connectivity index (χ3v) is 2.69.